The van der Waals surface area contributed by atoms with Crippen LogP contribution >= 0.6 is 0 Å². The summed E-state index contributed by atoms with van der Waals surface area (Å²) in [5, 5.41) is 2.67. The number of rotatable bonds is 4. The van der Waals surface area contributed by atoms with Gasteiger partial charge in [-0.3, -0.25) is 4.98 Å². The fraction of sp³-hybridized carbons (Fsp3) is 0.243. The second-order valence-electron chi connectivity index (χ2n) is 13.1. The molecule has 4 heterocycles. The second kappa shape index (κ2) is 13.4. The Bertz CT molecular complexity index is 2280. The summed E-state index contributed by atoms with van der Waals surface area (Å²) >= 11 is 0. The zero-order chi connectivity index (χ0) is 35.4. The van der Waals surface area contributed by atoms with E-state index in [1.807, 2.05) is 30.5 Å². The van der Waals surface area contributed by atoms with Gasteiger partial charge >= 0.3 is 6.18 Å². The number of alkyl halides is 3. The molecule has 249 valence electrons. The Balaban J connectivity index is 0.000000241. The second-order valence-corrected chi connectivity index (χ2v) is 18.2. The number of oxazole rings is 1. The minimum absolute atomic E-state index is 0. The normalized spacial score (nSPS) is 13.1. The van der Waals surface area contributed by atoms with Gasteiger partial charge in [0.15, 0.2) is 17.1 Å². The maximum Gasteiger partial charge on any atom is 0.450 e. The number of pyridine rings is 1. The molecule has 48 heavy (non-hydrogen) atoms. The Morgan fingerprint density at radius 1 is 0.792 bits per heavy atom. The van der Waals surface area contributed by atoms with Crippen molar-refractivity contribution in [2.45, 2.75) is 53.0 Å². The van der Waals surface area contributed by atoms with E-state index in [1.54, 1.807) is 45.0 Å². The van der Waals surface area contributed by atoms with E-state index in [9.17, 15) is 13.2 Å². The van der Waals surface area contributed by atoms with Gasteiger partial charge in [-0.15, -0.1) is 54.1 Å². The molecule has 0 saturated carbocycles. The number of benzene rings is 3. The molecule has 0 spiro atoms. The summed E-state index contributed by atoms with van der Waals surface area (Å²) in [6.07, 6.45) is -3.48. The number of aromatic nitrogens is 4. The van der Waals surface area contributed by atoms with Crippen LogP contribution in [0.25, 0.3) is 55.6 Å². The van der Waals surface area contributed by atoms with Crippen LogP contribution in [-0.4, -0.2) is 28.0 Å². The monoisotopic (exact) mass is 845 g/mol. The van der Waals surface area contributed by atoms with E-state index in [4.69, 9.17) is 11.6 Å². The van der Waals surface area contributed by atoms with Crippen LogP contribution in [-0.2, 0) is 32.7 Å². The van der Waals surface area contributed by atoms with Crippen LogP contribution in [0, 0.1) is 17.5 Å². The third-order valence-electron chi connectivity index (χ3n) is 7.22. The molecule has 7 rings (SSSR count). The molecule has 1 radical (unpaired) electrons. The number of halogens is 3. The Morgan fingerprint density at radius 2 is 1.56 bits per heavy atom. The van der Waals surface area contributed by atoms with E-state index >= 15 is 0 Å². The van der Waals surface area contributed by atoms with Gasteiger partial charge in [-0.2, -0.15) is 13.2 Å². The molecule has 11 heteroatoms. The molecule has 0 aliphatic heterocycles. The molecule has 0 aliphatic carbocycles. The van der Waals surface area contributed by atoms with E-state index in [2.05, 4.69) is 63.8 Å². The molecule has 0 saturated heterocycles. The molecular weight excluding hydrogens is 810 g/mol. The Hall–Kier alpha value is -4.18. The van der Waals surface area contributed by atoms with Crippen LogP contribution in [0.3, 0.4) is 0 Å². The van der Waals surface area contributed by atoms with Gasteiger partial charge in [0.1, 0.15) is 5.52 Å². The zero-order valence-corrected chi connectivity index (χ0v) is 30.5. The van der Waals surface area contributed by atoms with Crippen LogP contribution in [0.2, 0.25) is 19.6 Å². The summed E-state index contributed by atoms with van der Waals surface area (Å²) < 4.78 is 68.2. The van der Waals surface area contributed by atoms with E-state index in [-0.39, 0.29) is 48.4 Å². The molecule has 4 aromatic heterocycles. The predicted octanol–water partition coefficient (Wildman–Crippen LogP) is 9.68. The third kappa shape index (κ3) is 7.59. The first-order chi connectivity index (χ1) is 22.9. The molecule has 0 aliphatic rings. The van der Waals surface area contributed by atoms with Crippen LogP contribution < -0.4 is 5.19 Å². The topological polar surface area (TPSA) is 77.8 Å². The maximum atomic E-state index is 13.1. The van der Waals surface area contributed by atoms with Gasteiger partial charge in [0.2, 0.25) is 5.82 Å². The summed E-state index contributed by atoms with van der Waals surface area (Å²) in [5.74, 6) is -1.33. The smallest absolute Gasteiger partial charge is 0.450 e. The summed E-state index contributed by atoms with van der Waals surface area (Å²) in [6.45, 7) is 12.2. The van der Waals surface area contributed by atoms with Gasteiger partial charge < -0.3 is 13.8 Å². The van der Waals surface area contributed by atoms with Crippen molar-refractivity contribution < 1.29 is 44.9 Å². The van der Waals surface area contributed by atoms with Gasteiger partial charge in [-0.25, -0.2) is 9.97 Å². The van der Waals surface area contributed by atoms with Gasteiger partial charge in [-0.1, -0.05) is 69.6 Å². The molecule has 0 bridgehead atoms. The summed E-state index contributed by atoms with van der Waals surface area (Å²) in [4.78, 5) is 15.8. The summed E-state index contributed by atoms with van der Waals surface area (Å²) in [6, 6.07) is 26.5. The molecule has 0 amide bonds. The maximum absolute atomic E-state index is 13.1. The average molecular weight is 845 g/mol. The first kappa shape index (κ1) is 32.4. The standard InChI is InChI=1S/C23H17F3N3O2.C14H16NSi.Ir/c1-22(2,3)11-17-28-16-8-7-13-12-5-4-6-14(18(12)31-19(13)20(16)30-17)15-9-10-27-21(29-15)23(24,25)26;1-16(2,3)13-9-10-14(15-11-13)12-7-5-4-6-8-12;/h4-5,7-10H,11H2,1-3H3;4-7,9-11H,1-3H3;/q2*-1;/i11D2;;. The SMILES string of the molecule is C[Si](C)(C)c1ccc(-c2[c-]cccc2)nc1.[2H]C([2H])(c1nc2ccc3c4cc[c-]c(-c5ccnc(C(F)(F)F)n5)c4oc3c2o1)C(C)(C)C.[Ir]. The fourth-order valence-electron chi connectivity index (χ4n) is 4.93. The predicted molar refractivity (Wildman–Crippen MR) is 181 cm³/mol. The van der Waals surface area contributed by atoms with Crippen molar-refractivity contribution in [3.8, 4) is 22.5 Å². The van der Waals surface area contributed by atoms with Gasteiger partial charge in [-0.05, 0) is 34.1 Å². The van der Waals surface area contributed by atoms with Crippen LogP contribution in [0.4, 0.5) is 13.2 Å². The Morgan fingerprint density at radius 3 is 2.21 bits per heavy atom. The van der Waals surface area contributed by atoms with Crippen LogP contribution in [0.15, 0.2) is 88.0 Å². The third-order valence-corrected chi connectivity index (χ3v) is 9.25. The minimum Gasteiger partial charge on any atom is -0.497 e. The Kier molecular flexibility index (Phi) is 9.02. The van der Waals surface area contributed by atoms with Gasteiger partial charge in [0.05, 0.1) is 13.7 Å². The van der Waals surface area contributed by atoms with Crippen LogP contribution in [0.5, 0.6) is 0 Å². The van der Waals surface area contributed by atoms with Gasteiger partial charge in [0.25, 0.3) is 0 Å². The van der Waals surface area contributed by atoms with Crippen molar-refractivity contribution in [1.82, 2.24) is 19.9 Å². The van der Waals surface area contributed by atoms with Crippen molar-refractivity contribution in [2.24, 2.45) is 5.41 Å². The van der Waals surface area contributed by atoms with Gasteiger partial charge in [0, 0.05) is 47.0 Å². The van der Waals surface area contributed by atoms with Crippen molar-refractivity contribution >= 4 is 46.3 Å². The van der Waals surface area contributed by atoms with Crippen molar-refractivity contribution in [2.75, 3.05) is 0 Å². The number of fused-ring (bicyclic) bond motifs is 5. The number of furan rings is 1. The molecule has 0 fully saturated rings. The average Bonchev–Trinajstić information content (AvgIpc) is 3.67. The first-order valence-electron chi connectivity index (χ1n) is 16.0. The minimum atomic E-state index is -4.69. The Labute approximate surface area is 294 Å². The molecule has 0 atom stereocenters. The van der Waals surface area contributed by atoms with E-state index < -0.39 is 31.9 Å². The summed E-state index contributed by atoms with van der Waals surface area (Å²) in [7, 11) is -1.23. The molecule has 0 unspecified atom stereocenters. The van der Waals surface area contributed by atoms with Crippen molar-refractivity contribution in [3.05, 3.63) is 103 Å². The number of hydrogen-bond donors (Lipinski definition) is 0. The number of hydrogen-bond acceptors (Lipinski definition) is 6. The van der Waals surface area contributed by atoms with E-state index in [0.29, 0.717) is 21.9 Å². The quantitative estimate of drug-likeness (QED) is 0.130. The molecule has 3 aromatic carbocycles. The molecule has 6 nitrogen and oxygen atoms in total. The molecular formula is C37H33F3IrN4O2Si-2. The fourth-order valence-corrected chi connectivity index (χ4v) is 5.97. The number of nitrogens with zero attached hydrogens (tertiary/aromatic N) is 4. The van der Waals surface area contributed by atoms with Crippen molar-refractivity contribution in [3.63, 3.8) is 0 Å². The van der Waals surface area contributed by atoms with E-state index in [1.165, 1.54) is 11.3 Å². The summed E-state index contributed by atoms with van der Waals surface area (Å²) in [5.41, 5.74) is 2.82. The molecule has 0 N–H and O–H groups in total. The van der Waals surface area contributed by atoms with Crippen molar-refractivity contribution in [1.29, 1.82) is 0 Å². The zero-order valence-electron chi connectivity index (χ0n) is 29.1. The largest absolute Gasteiger partial charge is 0.497 e. The van der Waals surface area contributed by atoms with Crippen LogP contribution in [0.1, 0.15) is 35.2 Å². The first-order valence-corrected chi connectivity index (χ1v) is 18.5. The van der Waals surface area contributed by atoms with E-state index in [0.717, 1.165) is 17.5 Å². The molecule has 7 aromatic rings.